The molecule has 1 atom stereocenters. The van der Waals surface area contributed by atoms with Gasteiger partial charge in [0, 0.05) is 13.1 Å². The predicted octanol–water partition coefficient (Wildman–Crippen LogP) is 1.60. The van der Waals surface area contributed by atoms with Crippen molar-refractivity contribution in [1.82, 2.24) is 4.98 Å². The number of hydrogen-bond donors (Lipinski definition) is 3. The minimum absolute atomic E-state index is 0.0308. The summed E-state index contributed by atoms with van der Waals surface area (Å²) in [7, 11) is 0. The topological polar surface area (TPSA) is 100 Å². The standard InChI is InChI=1S/C11H18N4O3/c1-3-4-12-10-5-9(15(17)18)6-11(14-10)13-7-8(2)16/h5-6,8,16H,3-4,7H2,1-2H3,(H2,12,13,14). The number of pyridine rings is 1. The van der Waals surface area contributed by atoms with Crippen molar-refractivity contribution in [3.05, 3.63) is 22.2 Å². The number of nitrogens with zero attached hydrogens (tertiary/aromatic N) is 2. The first-order valence-electron chi connectivity index (χ1n) is 5.85. The molecule has 1 aromatic rings. The van der Waals surface area contributed by atoms with Crippen LogP contribution in [0.4, 0.5) is 17.3 Å². The van der Waals surface area contributed by atoms with E-state index >= 15 is 0 Å². The van der Waals surface area contributed by atoms with Gasteiger partial charge in [0.15, 0.2) is 0 Å². The first kappa shape index (κ1) is 14.2. The van der Waals surface area contributed by atoms with E-state index in [1.54, 1.807) is 6.92 Å². The van der Waals surface area contributed by atoms with Crippen LogP contribution >= 0.6 is 0 Å². The zero-order valence-electron chi connectivity index (χ0n) is 10.5. The number of nitrogens with one attached hydrogen (secondary N) is 2. The molecule has 1 unspecified atom stereocenters. The molecule has 0 spiro atoms. The molecule has 1 heterocycles. The van der Waals surface area contributed by atoms with Crippen molar-refractivity contribution < 1.29 is 10.0 Å². The van der Waals surface area contributed by atoms with Crippen LogP contribution in [0.15, 0.2) is 12.1 Å². The maximum atomic E-state index is 10.8. The van der Waals surface area contributed by atoms with Gasteiger partial charge >= 0.3 is 0 Å². The van der Waals surface area contributed by atoms with Crippen LogP contribution in [0.3, 0.4) is 0 Å². The third-order valence-corrected chi connectivity index (χ3v) is 2.16. The third-order valence-electron chi connectivity index (χ3n) is 2.16. The highest BCUT2D eigenvalue weighted by Crippen LogP contribution is 2.20. The van der Waals surface area contributed by atoms with Crippen molar-refractivity contribution in [1.29, 1.82) is 0 Å². The van der Waals surface area contributed by atoms with Gasteiger partial charge in [-0.05, 0) is 13.3 Å². The molecule has 7 heteroatoms. The smallest absolute Gasteiger partial charge is 0.276 e. The van der Waals surface area contributed by atoms with Crippen LogP contribution in [0, 0.1) is 10.1 Å². The highest BCUT2D eigenvalue weighted by molar-refractivity contribution is 5.54. The SMILES string of the molecule is CCCNc1cc([N+](=O)[O-])cc(NCC(C)O)n1. The number of nitro groups is 1. The van der Waals surface area contributed by atoms with Crippen molar-refractivity contribution in [2.75, 3.05) is 23.7 Å². The van der Waals surface area contributed by atoms with Gasteiger partial charge in [0.2, 0.25) is 0 Å². The summed E-state index contributed by atoms with van der Waals surface area (Å²) in [5, 5.41) is 25.8. The van der Waals surface area contributed by atoms with Gasteiger partial charge in [-0.1, -0.05) is 6.92 Å². The van der Waals surface area contributed by atoms with E-state index in [0.29, 0.717) is 24.7 Å². The molecular formula is C11H18N4O3. The third kappa shape index (κ3) is 4.54. The van der Waals surface area contributed by atoms with Gasteiger partial charge in [-0.2, -0.15) is 0 Å². The molecule has 1 aromatic heterocycles. The molecule has 0 radical (unpaired) electrons. The first-order valence-corrected chi connectivity index (χ1v) is 5.85. The monoisotopic (exact) mass is 254 g/mol. The predicted molar refractivity (Wildman–Crippen MR) is 69.8 cm³/mol. The molecule has 0 aromatic carbocycles. The van der Waals surface area contributed by atoms with Gasteiger partial charge in [-0.25, -0.2) is 4.98 Å². The Hall–Kier alpha value is -1.89. The quantitative estimate of drug-likeness (QED) is 0.505. The second-order valence-corrected chi connectivity index (χ2v) is 4.01. The summed E-state index contributed by atoms with van der Waals surface area (Å²) in [5.74, 6) is 0.836. The van der Waals surface area contributed by atoms with Crippen molar-refractivity contribution in [2.45, 2.75) is 26.4 Å². The minimum Gasteiger partial charge on any atom is -0.392 e. The lowest BCUT2D eigenvalue weighted by Gasteiger charge is -2.10. The summed E-state index contributed by atoms with van der Waals surface area (Å²) in [6.07, 6.45) is 0.360. The van der Waals surface area contributed by atoms with Gasteiger partial charge < -0.3 is 15.7 Å². The number of aliphatic hydroxyl groups excluding tert-OH is 1. The molecule has 1 rings (SSSR count). The molecule has 0 aliphatic rings. The summed E-state index contributed by atoms with van der Waals surface area (Å²) in [6, 6.07) is 2.74. The van der Waals surface area contributed by atoms with Crippen LogP contribution in [-0.4, -0.2) is 34.2 Å². The number of hydrogen-bond acceptors (Lipinski definition) is 6. The van der Waals surface area contributed by atoms with E-state index in [9.17, 15) is 10.1 Å². The lowest BCUT2D eigenvalue weighted by molar-refractivity contribution is -0.384. The first-order chi connectivity index (χ1) is 8.52. The summed E-state index contributed by atoms with van der Waals surface area (Å²) in [5.41, 5.74) is -0.0308. The molecule has 0 fully saturated rings. The van der Waals surface area contributed by atoms with E-state index in [1.807, 2.05) is 6.92 Å². The maximum absolute atomic E-state index is 10.8. The van der Waals surface area contributed by atoms with Crippen LogP contribution in [0.1, 0.15) is 20.3 Å². The van der Waals surface area contributed by atoms with E-state index < -0.39 is 11.0 Å². The summed E-state index contributed by atoms with van der Waals surface area (Å²) >= 11 is 0. The number of aliphatic hydroxyl groups is 1. The molecule has 0 bridgehead atoms. The highest BCUT2D eigenvalue weighted by atomic mass is 16.6. The van der Waals surface area contributed by atoms with Crippen molar-refractivity contribution in [3.8, 4) is 0 Å². The molecule has 0 amide bonds. The molecule has 0 aliphatic heterocycles. The summed E-state index contributed by atoms with van der Waals surface area (Å²) in [6.45, 7) is 4.61. The zero-order valence-corrected chi connectivity index (χ0v) is 10.5. The lowest BCUT2D eigenvalue weighted by Crippen LogP contribution is -2.16. The van der Waals surface area contributed by atoms with Gasteiger partial charge in [-0.15, -0.1) is 0 Å². The molecule has 0 aliphatic carbocycles. The second-order valence-electron chi connectivity index (χ2n) is 4.01. The normalized spacial score (nSPS) is 11.9. The Bertz CT molecular complexity index is 409. The fourth-order valence-corrected chi connectivity index (χ4v) is 1.31. The van der Waals surface area contributed by atoms with Gasteiger partial charge in [0.25, 0.3) is 5.69 Å². The van der Waals surface area contributed by atoms with Gasteiger partial charge in [0.1, 0.15) is 11.6 Å². The molecule has 18 heavy (non-hydrogen) atoms. The Morgan fingerprint density at radius 1 is 1.44 bits per heavy atom. The average Bonchev–Trinajstić information content (AvgIpc) is 2.33. The maximum Gasteiger partial charge on any atom is 0.276 e. The largest absolute Gasteiger partial charge is 0.392 e. The van der Waals surface area contributed by atoms with Crippen LogP contribution < -0.4 is 10.6 Å². The Balaban J connectivity index is 2.87. The number of anilines is 2. The van der Waals surface area contributed by atoms with Crippen molar-refractivity contribution in [2.24, 2.45) is 0 Å². The fraction of sp³-hybridized carbons (Fsp3) is 0.545. The zero-order chi connectivity index (χ0) is 13.5. The highest BCUT2D eigenvalue weighted by Gasteiger charge is 2.11. The molecule has 0 saturated carbocycles. The Morgan fingerprint density at radius 2 is 2.06 bits per heavy atom. The van der Waals surface area contributed by atoms with Crippen LogP contribution in [-0.2, 0) is 0 Å². The second kappa shape index (κ2) is 6.75. The summed E-state index contributed by atoms with van der Waals surface area (Å²) in [4.78, 5) is 14.5. The minimum atomic E-state index is -0.543. The molecule has 3 N–H and O–H groups in total. The van der Waals surface area contributed by atoms with E-state index in [-0.39, 0.29) is 5.69 Å². The molecule has 100 valence electrons. The van der Waals surface area contributed by atoms with Gasteiger partial charge in [0.05, 0.1) is 23.2 Å². The van der Waals surface area contributed by atoms with Crippen LogP contribution in [0.2, 0.25) is 0 Å². The Kier molecular flexibility index (Phi) is 5.31. The summed E-state index contributed by atoms with van der Waals surface area (Å²) < 4.78 is 0. The molecule has 0 saturated heterocycles. The number of rotatable bonds is 7. The van der Waals surface area contributed by atoms with E-state index in [4.69, 9.17) is 5.11 Å². The molecule has 7 nitrogen and oxygen atoms in total. The van der Waals surface area contributed by atoms with E-state index in [1.165, 1.54) is 12.1 Å². The van der Waals surface area contributed by atoms with Crippen molar-refractivity contribution >= 4 is 17.3 Å². The average molecular weight is 254 g/mol. The van der Waals surface area contributed by atoms with Crippen molar-refractivity contribution in [3.63, 3.8) is 0 Å². The van der Waals surface area contributed by atoms with E-state index in [0.717, 1.165) is 6.42 Å². The Labute approximate surface area is 105 Å². The van der Waals surface area contributed by atoms with E-state index in [2.05, 4.69) is 15.6 Å². The van der Waals surface area contributed by atoms with Crippen LogP contribution in [0.5, 0.6) is 0 Å². The molecular weight excluding hydrogens is 236 g/mol. The lowest BCUT2D eigenvalue weighted by atomic mass is 10.3. The Morgan fingerprint density at radius 3 is 2.56 bits per heavy atom. The number of aromatic nitrogens is 1. The van der Waals surface area contributed by atoms with Crippen LogP contribution in [0.25, 0.3) is 0 Å². The fourth-order valence-electron chi connectivity index (χ4n) is 1.31. The van der Waals surface area contributed by atoms with Gasteiger partial charge in [-0.3, -0.25) is 10.1 Å².